The Morgan fingerprint density at radius 2 is 2.09 bits per heavy atom. The Kier molecular flexibility index (Phi) is 6.39. The van der Waals surface area contributed by atoms with Crippen LogP contribution in [0.15, 0.2) is 18.2 Å². The van der Waals surface area contributed by atoms with E-state index in [1.807, 2.05) is 13.0 Å². The number of hydrogen-bond acceptors (Lipinski definition) is 4. The van der Waals surface area contributed by atoms with Gasteiger partial charge in [-0.15, -0.1) is 0 Å². The molecule has 0 radical (unpaired) electrons. The van der Waals surface area contributed by atoms with Crippen LogP contribution in [-0.4, -0.2) is 29.3 Å². The maximum absolute atomic E-state index is 12.1. The maximum atomic E-state index is 12.1. The summed E-state index contributed by atoms with van der Waals surface area (Å²) in [6.07, 6.45) is 0.258. The number of anilines is 1. The van der Waals surface area contributed by atoms with Gasteiger partial charge in [-0.1, -0.05) is 0 Å². The van der Waals surface area contributed by atoms with Crippen molar-refractivity contribution < 1.29 is 19.4 Å². The van der Waals surface area contributed by atoms with E-state index < -0.39 is 17.5 Å². The molecule has 0 saturated heterocycles. The standard InChI is InChI=1S/C16H21N3O4/c1-4-23-13-6-5-11(10-17)9-12(13)18-15(22)19-16(2,3)8-7-14(20)21/h5-6,9H,4,7-8H2,1-3H3,(H,20,21)(H2,18,19,22). The molecule has 1 rings (SSSR count). The number of carboxylic acid groups (broad SMARTS) is 1. The van der Waals surface area contributed by atoms with Gasteiger partial charge in [-0.3, -0.25) is 4.79 Å². The molecule has 0 saturated carbocycles. The second kappa shape index (κ2) is 8.03. The molecule has 23 heavy (non-hydrogen) atoms. The zero-order valence-corrected chi connectivity index (χ0v) is 13.5. The molecule has 0 fully saturated rings. The molecular weight excluding hydrogens is 298 g/mol. The first-order valence-corrected chi connectivity index (χ1v) is 7.25. The molecule has 7 heteroatoms. The molecule has 0 aliphatic heterocycles. The Hall–Kier alpha value is -2.75. The van der Waals surface area contributed by atoms with E-state index >= 15 is 0 Å². The summed E-state index contributed by atoms with van der Waals surface area (Å²) in [5.41, 5.74) is 0.104. The van der Waals surface area contributed by atoms with E-state index in [9.17, 15) is 9.59 Å². The maximum Gasteiger partial charge on any atom is 0.319 e. The van der Waals surface area contributed by atoms with Crippen molar-refractivity contribution >= 4 is 17.7 Å². The van der Waals surface area contributed by atoms with Crippen molar-refractivity contribution in [2.75, 3.05) is 11.9 Å². The van der Waals surface area contributed by atoms with Gasteiger partial charge in [-0.25, -0.2) is 4.79 Å². The van der Waals surface area contributed by atoms with Gasteiger partial charge < -0.3 is 20.5 Å². The fourth-order valence-electron chi connectivity index (χ4n) is 1.92. The minimum absolute atomic E-state index is 0.0403. The summed E-state index contributed by atoms with van der Waals surface area (Å²) in [5.74, 6) is -0.453. The second-order valence-corrected chi connectivity index (χ2v) is 5.61. The second-order valence-electron chi connectivity index (χ2n) is 5.61. The molecule has 0 aliphatic carbocycles. The molecule has 124 valence electrons. The van der Waals surface area contributed by atoms with Crippen molar-refractivity contribution in [3.05, 3.63) is 23.8 Å². The Balaban J connectivity index is 2.80. The number of nitriles is 1. The van der Waals surface area contributed by atoms with E-state index in [2.05, 4.69) is 10.6 Å². The highest BCUT2D eigenvalue weighted by Gasteiger charge is 2.22. The average molecular weight is 319 g/mol. The van der Waals surface area contributed by atoms with Gasteiger partial charge in [0.2, 0.25) is 0 Å². The molecule has 7 nitrogen and oxygen atoms in total. The Labute approximate surface area is 135 Å². The quantitative estimate of drug-likeness (QED) is 0.715. The highest BCUT2D eigenvalue weighted by molar-refractivity contribution is 5.91. The molecule has 0 atom stereocenters. The lowest BCUT2D eigenvalue weighted by Gasteiger charge is -2.26. The first-order chi connectivity index (χ1) is 10.8. The predicted molar refractivity (Wildman–Crippen MR) is 85.4 cm³/mol. The Morgan fingerprint density at radius 1 is 1.39 bits per heavy atom. The first-order valence-electron chi connectivity index (χ1n) is 7.25. The van der Waals surface area contributed by atoms with Crippen LogP contribution in [0.5, 0.6) is 5.75 Å². The van der Waals surface area contributed by atoms with Crippen LogP contribution in [0.3, 0.4) is 0 Å². The summed E-state index contributed by atoms with van der Waals surface area (Å²) >= 11 is 0. The minimum atomic E-state index is -0.916. The van der Waals surface area contributed by atoms with Gasteiger partial charge in [0.25, 0.3) is 0 Å². The normalized spacial score (nSPS) is 10.5. The molecule has 1 aromatic carbocycles. The van der Waals surface area contributed by atoms with Crippen molar-refractivity contribution in [3.8, 4) is 11.8 Å². The van der Waals surface area contributed by atoms with Gasteiger partial charge in [0.05, 0.1) is 23.9 Å². The summed E-state index contributed by atoms with van der Waals surface area (Å²) in [6.45, 7) is 5.72. The number of ether oxygens (including phenoxy) is 1. The summed E-state index contributed by atoms with van der Waals surface area (Å²) < 4.78 is 5.42. The third-order valence-electron chi connectivity index (χ3n) is 3.07. The lowest BCUT2D eigenvalue weighted by atomic mass is 9.99. The molecule has 3 N–H and O–H groups in total. The summed E-state index contributed by atoms with van der Waals surface area (Å²) in [5, 5.41) is 23.0. The van der Waals surface area contributed by atoms with Crippen LogP contribution < -0.4 is 15.4 Å². The van der Waals surface area contributed by atoms with Gasteiger partial charge in [0, 0.05) is 12.0 Å². The van der Waals surface area contributed by atoms with E-state index in [0.29, 0.717) is 30.0 Å². The molecule has 0 heterocycles. The number of carboxylic acids is 1. The zero-order valence-electron chi connectivity index (χ0n) is 13.5. The fourth-order valence-corrected chi connectivity index (χ4v) is 1.92. The lowest BCUT2D eigenvalue weighted by molar-refractivity contribution is -0.137. The van der Waals surface area contributed by atoms with E-state index in [4.69, 9.17) is 15.1 Å². The zero-order chi connectivity index (χ0) is 17.5. The fraction of sp³-hybridized carbons (Fsp3) is 0.438. The van der Waals surface area contributed by atoms with Gasteiger partial charge in [0.15, 0.2) is 0 Å². The van der Waals surface area contributed by atoms with E-state index in [1.54, 1.807) is 26.0 Å². The molecule has 0 aromatic heterocycles. The van der Waals surface area contributed by atoms with Crippen molar-refractivity contribution in [1.29, 1.82) is 5.26 Å². The van der Waals surface area contributed by atoms with Crippen molar-refractivity contribution in [1.82, 2.24) is 5.32 Å². The Morgan fingerprint density at radius 3 is 2.65 bits per heavy atom. The van der Waals surface area contributed by atoms with Gasteiger partial charge in [-0.2, -0.15) is 5.26 Å². The van der Waals surface area contributed by atoms with Crippen molar-refractivity contribution in [2.24, 2.45) is 0 Å². The number of carbonyl (C=O) groups excluding carboxylic acids is 1. The van der Waals surface area contributed by atoms with Gasteiger partial charge in [-0.05, 0) is 45.4 Å². The lowest BCUT2D eigenvalue weighted by Crippen LogP contribution is -2.45. The van der Waals surface area contributed by atoms with Crippen molar-refractivity contribution in [2.45, 2.75) is 39.2 Å². The van der Waals surface area contributed by atoms with Crippen LogP contribution in [0.2, 0.25) is 0 Å². The van der Waals surface area contributed by atoms with Gasteiger partial charge in [0.1, 0.15) is 5.75 Å². The number of urea groups is 1. The molecule has 2 amide bonds. The number of aliphatic carboxylic acids is 1. The molecule has 1 aromatic rings. The monoisotopic (exact) mass is 319 g/mol. The number of carbonyl (C=O) groups is 2. The predicted octanol–water partition coefficient (Wildman–Crippen LogP) is 2.72. The largest absolute Gasteiger partial charge is 0.492 e. The topological polar surface area (TPSA) is 111 Å². The minimum Gasteiger partial charge on any atom is -0.492 e. The SMILES string of the molecule is CCOc1ccc(C#N)cc1NC(=O)NC(C)(C)CCC(=O)O. The molecular formula is C16H21N3O4. The van der Waals surface area contributed by atoms with Crippen LogP contribution >= 0.6 is 0 Å². The van der Waals surface area contributed by atoms with Crippen LogP contribution in [0.4, 0.5) is 10.5 Å². The summed E-state index contributed by atoms with van der Waals surface area (Å²) in [4.78, 5) is 22.8. The number of nitrogens with one attached hydrogen (secondary N) is 2. The number of amides is 2. The summed E-state index contributed by atoms with van der Waals surface area (Å²) in [7, 11) is 0. The number of benzene rings is 1. The van der Waals surface area contributed by atoms with Crippen molar-refractivity contribution in [3.63, 3.8) is 0 Å². The van der Waals surface area contributed by atoms with Crippen LogP contribution in [0.1, 0.15) is 39.2 Å². The molecule has 0 bridgehead atoms. The van der Waals surface area contributed by atoms with Crippen LogP contribution in [0.25, 0.3) is 0 Å². The van der Waals surface area contributed by atoms with Gasteiger partial charge >= 0.3 is 12.0 Å². The average Bonchev–Trinajstić information content (AvgIpc) is 2.46. The molecule has 0 unspecified atom stereocenters. The third-order valence-corrected chi connectivity index (χ3v) is 3.07. The van der Waals surface area contributed by atoms with E-state index in [-0.39, 0.29) is 6.42 Å². The molecule has 0 aliphatic rings. The Bertz CT molecular complexity index is 620. The highest BCUT2D eigenvalue weighted by atomic mass is 16.5. The number of hydrogen-bond donors (Lipinski definition) is 3. The van der Waals surface area contributed by atoms with Crippen LogP contribution in [-0.2, 0) is 4.79 Å². The number of rotatable bonds is 7. The highest BCUT2D eigenvalue weighted by Crippen LogP contribution is 2.26. The molecule has 0 spiro atoms. The smallest absolute Gasteiger partial charge is 0.319 e. The van der Waals surface area contributed by atoms with E-state index in [0.717, 1.165) is 0 Å². The van der Waals surface area contributed by atoms with Crippen LogP contribution in [0, 0.1) is 11.3 Å². The third kappa shape index (κ3) is 6.26. The summed E-state index contributed by atoms with van der Waals surface area (Å²) in [6, 6.07) is 6.25. The number of nitrogens with zero attached hydrogens (tertiary/aromatic N) is 1. The van der Waals surface area contributed by atoms with E-state index in [1.165, 1.54) is 6.07 Å². The first kappa shape index (κ1) is 18.3.